The lowest BCUT2D eigenvalue weighted by molar-refractivity contribution is -0.140. The van der Waals surface area contributed by atoms with Crippen molar-refractivity contribution in [3.63, 3.8) is 0 Å². The van der Waals surface area contributed by atoms with Crippen molar-refractivity contribution in [1.29, 1.82) is 0 Å². The molecule has 2 aromatic rings. The molecule has 1 atom stereocenters. The first-order valence-electron chi connectivity index (χ1n) is 11.2. The first kappa shape index (κ1) is 23.5. The van der Waals surface area contributed by atoms with Crippen LogP contribution in [0.4, 0.5) is 0 Å². The predicted molar refractivity (Wildman–Crippen MR) is 123 cm³/mol. The summed E-state index contributed by atoms with van der Waals surface area (Å²) in [6, 6.07) is 9.79. The highest BCUT2D eigenvalue weighted by molar-refractivity contribution is 6.46. The fourth-order valence-corrected chi connectivity index (χ4v) is 3.88. The lowest BCUT2D eigenvalue weighted by Gasteiger charge is -2.28. The van der Waals surface area contributed by atoms with Crippen LogP contribution in [0.2, 0.25) is 0 Å². The Morgan fingerprint density at radius 3 is 2.31 bits per heavy atom. The minimum atomic E-state index is -0.671. The number of pyridine rings is 1. The van der Waals surface area contributed by atoms with Gasteiger partial charge in [-0.05, 0) is 61.5 Å². The van der Waals surface area contributed by atoms with Gasteiger partial charge in [-0.15, -0.1) is 0 Å². The van der Waals surface area contributed by atoms with Gasteiger partial charge in [0.1, 0.15) is 11.5 Å². The van der Waals surface area contributed by atoms with Crippen molar-refractivity contribution in [1.82, 2.24) is 14.8 Å². The molecule has 0 saturated carbocycles. The van der Waals surface area contributed by atoms with Crippen LogP contribution in [0.15, 0.2) is 54.4 Å². The first-order chi connectivity index (χ1) is 15.5. The summed E-state index contributed by atoms with van der Waals surface area (Å²) in [5.74, 6) is -0.759. The second-order valence-corrected chi connectivity index (χ2v) is 7.67. The van der Waals surface area contributed by atoms with E-state index in [0.717, 1.165) is 25.1 Å². The molecule has 0 radical (unpaired) electrons. The normalized spacial score (nSPS) is 17.9. The van der Waals surface area contributed by atoms with Gasteiger partial charge in [0.25, 0.3) is 11.7 Å². The Kier molecular flexibility index (Phi) is 8.00. The van der Waals surface area contributed by atoms with E-state index in [9.17, 15) is 14.7 Å². The van der Waals surface area contributed by atoms with E-state index in [0.29, 0.717) is 31.0 Å². The van der Waals surface area contributed by atoms with Gasteiger partial charge < -0.3 is 19.6 Å². The summed E-state index contributed by atoms with van der Waals surface area (Å²) < 4.78 is 5.60. The molecular formula is C25H31N3O4. The smallest absolute Gasteiger partial charge is 0.295 e. The molecule has 2 heterocycles. The number of aromatic nitrogens is 1. The Balaban J connectivity index is 2.00. The van der Waals surface area contributed by atoms with Crippen molar-refractivity contribution < 1.29 is 19.4 Å². The molecule has 1 aliphatic rings. The number of likely N-dealkylation sites (N-methyl/N-ethyl adjacent to an activating group) is 1. The van der Waals surface area contributed by atoms with E-state index >= 15 is 0 Å². The van der Waals surface area contributed by atoms with Crippen LogP contribution in [0.5, 0.6) is 5.75 Å². The van der Waals surface area contributed by atoms with E-state index in [2.05, 4.69) is 23.7 Å². The van der Waals surface area contributed by atoms with Gasteiger partial charge in [-0.2, -0.15) is 0 Å². The number of carbonyl (C=O) groups excluding carboxylic acids is 2. The Labute approximate surface area is 189 Å². The Hall–Kier alpha value is -3.19. The maximum absolute atomic E-state index is 13.0. The molecule has 0 unspecified atom stereocenters. The van der Waals surface area contributed by atoms with Crippen molar-refractivity contribution >= 4 is 17.4 Å². The quantitative estimate of drug-likeness (QED) is 0.347. The number of aliphatic hydroxyl groups is 1. The third kappa shape index (κ3) is 4.99. The van der Waals surface area contributed by atoms with Gasteiger partial charge >= 0.3 is 0 Å². The summed E-state index contributed by atoms with van der Waals surface area (Å²) in [7, 11) is 0. The molecule has 1 N–H and O–H groups in total. The molecule has 1 amide bonds. The average molecular weight is 438 g/mol. The van der Waals surface area contributed by atoms with Gasteiger partial charge in [0.05, 0.1) is 18.2 Å². The summed E-state index contributed by atoms with van der Waals surface area (Å²) in [6.45, 7) is 9.49. The lowest BCUT2D eigenvalue weighted by atomic mass is 9.96. The molecule has 1 saturated heterocycles. The van der Waals surface area contributed by atoms with Crippen molar-refractivity contribution in [2.45, 2.75) is 33.2 Å². The molecule has 1 fully saturated rings. The Bertz CT molecular complexity index is 953. The topological polar surface area (TPSA) is 83.0 Å². The number of hydrogen-bond acceptors (Lipinski definition) is 6. The lowest BCUT2D eigenvalue weighted by Crippen LogP contribution is -2.38. The van der Waals surface area contributed by atoms with Crippen LogP contribution in [-0.4, -0.2) is 64.4 Å². The van der Waals surface area contributed by atoms with Gasteiger partial charge in [-0.1, -0.05) is 20.8 Å². The number of nitrogens with zero attached hydrogens (tertiary/aromatic N) is 3. The van der Waals surface area contributed by atoms with Crippen molar-refractivity contribution in [2.75, 3.05) is 32.8 Å². The molecule has 1 aliphatic heterocycles. The number of benzene rings is 1. The molecule has 0 bridgehead atoms. The van der Waals surface area contributed by atoms with Crippen LogP contribution >= 0.6 is 0 Å². The maximum Gasteiger partial charge on any atom is 0.295 e. The summed E-state index contributed by atoms with van der Waals surface area (Å²) in [5, 5.41) is 11.1. The summed E-state index contributed by atoms with van der Waals surface area (Å²) in [5.41, 5.74) is 1.31. The average Bonchev–Trinajstić information content (AvgIpc) is 3.08. The number of ketones is 1. The zero-order valence-corrected chi connectivity index (χ0v) is 19.0. The van der Waals surface area contributed by atoms with E-state index < -0.39 is 17.7 Å². The Morgan fingerprint density at radius 2 is 1.72 bits per heavy atom. The van der Waals surface area contributed by atoms with Gasteiger partial charge in [0, 0.05) is 31.0 Å². The number of carbonyl (C=O) groups is 2. The van der Waals surface area contributed by atoms with Crippen LogP contribution < -0.4 is 4.74 Å². The van der Waals surface area contributed by atoms with Crippen molar-refractivity contribution in [3.8, 4) is 5.75 Å². The number of hydrogen-bond donors (Lipinski definition) is 1. The van der Waals surface area contributed by atoms with Gasteiger partial charge in [-0.3, -0.25) is 14.6 Å². The zero-order valence-electron chi connectivity index (χ0n) is 19.0. The minimum Gasteiger partial charge on any atom is -0.507 e. The molecule has 0 aliphatic carbocycles. The van der Waals surface area contributed by atoms with Gasteiger partial charge in [-0.25, -0.2) is 0 Å². The fourth-order valence-electron chi connectivity index (χ4n) is 3.88. The molecule has 32 heavy (non-hydrogen) atoms. The standard InChI is InChI=1S/C25H31N3O4/c1-4-17-32-20-9-7-19(8-10-20)23(29)21-22(18-11-13-26-14-12-18)28(25(31)24(21)30)16-15-27(5-2)6-3/h7-14,22,29H,4-6,15-17H2,1-3H3/t22-/m1/s1. The van der Waals surface area contributed by atoms with E-state index in [-0.39, 0.29) is 11.3 Å². The zero-order chi connectivity index (χ0) is 23.1. The molecule has 1 aromatic heterocycles. The number of ether oxygens (including phenoxy) is 1. The van der Waals surface area contributed by atoms with Crippen LogP contribution in [0.1, 0.15) is 44.4 Å². The third-order valence-electron chi connectivity index (χ3n) is 5.71. The summed E-state index contributed by atoms with van der Waals surface area (Å²) in [4.78, 5) is 33.8. The van der Waals surface area contributed by atoms with E-state index in [4.69, 9.17) is 4.74 Å². The van der Waals surface area contributed by atoms with Crippen molar-refractivity contribution in [2.24, 2.45) is 0 Å². The van der Waals surface area contributed by atoms with Crippen LogP contribution in [0.3, 0.4) is 0 Å². The molecular weight excluding hydrogens is 406 g/mol. The van der Waals surface area contributed by atoms with Gasteiger partial charge in [0.15, 0.2) is 0 Å². The van der Waals surface area contributed by atoms with E-state index in [1.165, 1.54) is 0 Å². The van der Waals surface area contributed by atoms with Crippen LogP contribution in [-0.2, 0) is 9.59 Å². The molecule has 7 heteroatoms. The number of rotatable bonds is 10. The van der Waals surface area contributed by atoms with Crippen LogP contribution in [0.25, 0.3) is 5.76 Å². The SMILES string of the molecule is CCCOc1ccc(C(O)=C2C(=O)C(=O)N(CCN(CC)CC)[C@@H]2c2ccncc2)cc1. The number of aliphatic hydroxyl groups excluding tert-OH is 1. The largest absolute Gasteiger partial charge is 0.507 e. The summed E-state index contributed by atoms with van der Waals surface area (Å²) in [6.07, 6.45) is 4.14. The molecule has 1 aromatic carbocycles. The minimum absolute atomic E-state index is 0.1000. The Morgan fingerprint density at radius 1 is 1.06 bits per heavy atom. The highest BCUT2D eigenvalue weighted by atomic mass is 16.5. The maximum atomic E-state index is 13.0. The number of likely N-dealkylation sites (tertiary alicyclic amines) is 1. The molecule has 170 valence electrons. The number of amides is 1. The fraction of sp³-hybridized carbons (Fsp3) is 0.400. The van der Waals surface area contributed by atoms with E-state index in [1.54, 1.807) is 53.7 Å². The van der Waals surface area contributed by atoms with E-state index in [1.807, 2.05) is 6.92 Å². The highest BCUT2D eigenvalue weighted by Crippen LogP contribution is 2.39. The third-order valence-corrected chi connectivity index (χ3v) is 5.71. The molecule has 3 rings (SSSR count). The summed E-state index contributed by atoms with van der Waals surface area (Å²) >= 11 is 0. The second-order valence-electron chi connectivity index (χ2n) is 7.67. The van der Waals surface area contributed by atoms with Crippen LogP contribution in [0, 0.1) is 0 Å². The van der Waals surface area contributed by atoms with Gasteiger partial charge in [0.2, 0.25) is 0 Å². The first-order valence-corrected chi connectivity index (χ1v) is 11.2. The highest BCUT2D eigenvalue weighted by Gasteiger charge is 2.45. The second kappa shape index (κ2) is 10.9. The van der Waals surface area contributed by atoms with Crippen molar-refractivity contribution in [3.05, 3.63) is 65.5 Å². The predicted octanol–water partition coefficient (Wildman–Crippen LogP) is 3.63. The monoisotopic (exact) mass is 437 g/mol. The number of Topliss-reactive ketones (excluding diaryl/α,β-unsaturated/α-hetero) is 1. The molecule has 0 spiro atoms. The molecule has 7 nitrogen and oxygen atoms in total.